The molecule has 1 saturated carbocycles. The van der Waals surface area contributed by atoms with E-state index < -0.39 is 11.9 Å². The maximum absolute atomic E-state index is 11.0. The molecule has 1 N–H and O–H groups in total. The largest absolute Gasteiger partial charge is 0.481 e. The van der Waals surface area contributed by atoms with Crippen molar-refractivity contribution in [2.24, 2.45) is 11.8 Å². The van der Waals surface area contributed by atoms with Crippen LogP contribution in [-0.4, -0.2) is 36.9 Å². The highest BCUT2D eigenvalue weighted by atomic mass is 16.9. The molecule has 0 saturated heterocycles. The van der Waals surface area contributed by atoms with Crippen LogP contribution in [0.5, 0.6) is 0 Å². The first-order chi connectivity index (χ1) is 11.6. The summed E-state index contributed by atoms with van der Waals surface area (Å²) in [6, 6.07) is 0. The van der Waals surface area contributed by atoms with Crippen molar-refractivity contribution in [3.05, 3.63) is 12.2 Å². The fraction of sp³-hybridized carbons (Fsp3) is 0.842. The highest BCUT2D eigenvalue weighted by Crippen LogP contribution is 2.40. The molecule has 140 valence electrons. The van der Waals surface area contributed by atoms with E-state index in [1.165, 1.54) is 0 Å². The zero-order valence-electron chi connectivity index (χ0n) is 15.5. The van der Waals surface area contributed by atoms with Crippen molar-refractivity contribution >= 4 is 5.97 Å². The van der Waals surface area contributed by atoms with Gasteiger partial charge in [-0.3, -0.25) is 4.79 Å². The summed E-state index contributed by atoms with van der Waals surface area (Å²) < 4.78 is 17.9. The summed E-state index contributed by atoms with van der Waals surface area (Å²) in [5.74, 6) is -2.13. The number of carboxylic acids is 1. The molecule has 1 aliphatic rings. The van der Waals surface area contributed by atoms with Gasteiger partial charge in [-0.1, -0.05) is 46.1 Å². The summed E-state index contributed by atoms with van der Waals surface area (Å²) in [5, 5.41) is 9.05. The summed E-state index contributed by atoms with van der Waals surface area (Å²) >= 11 is 0. The highest BCUT2D eigenvalue weighted by Gasteiger charge is 2.42. The monoisotopic (exact) mass is 342 g/mol. The standard InChI is InChI=1S/C19H34O5/c1-4-7-12-22-19(23-13-8-5-2,24-14-9-6-3)11-10-16-15-17(16)18(20)21/h10-11,16-17H,4-9,12-15H2,1-3H3,(H,20,21). The van der Waals surface area contributed by atoms with E-state index in [1.54, 1.807) is 6.08 Å². The maximum atomic E-state index is 11.0. The molecule has 0 aliphatic heterocycles. The van der Waals surface area contributed by atoms with Crippen LogP contribution in [0.2, 0.25) is 0 Å². The minimum atomic E-state index is -1.18. The molecule has 0 aromatic heterocycles. The van der Waals surface area contributed by atoms with Gasteiger partial charge in [-0.25, -0.2) is 0 Å². The first-order valence-electron chi connectivity index (χ1n) is 9.42. The van der Waals surface area contributed by atoms with Crippen LogP contribution in [-0.2, 0) is 19.0 Å². The van der Waals surface area contributed by atoms with Crippen LogP contribution in [0, 0.1) is 11.8 Å². The van der Waals surface area contributed by atoms with Crippen molar-refractivity contribution in [3.63, 3.8) is 0 Å². The Morgan fingerprint density at radius 2 is 1.46 bits per heavy atom. The lowest BCUT2D eigenvalue weighted by Gasteiger charge is -2.31. The lowest BCUT2D eigenvalue weighted by molar-refractivity contribution is -0.350. The van der Waals surface area contributed by atoms with Crippen molar-refractivity contribution in [1.82, 2.24) is 0 Å². The number of hydrogen-bond donors (Lipinski definition) is 1. The maximum Gasteiger partial charge on any atom is 0.307 e. The molecule has 0 bridgehead atoms. The Labute approximate surface area is 146 Å². The number of carboxylic acid groups (broad SMARTS) is 1. The molecule has 5 nitrogen and oxygen atoms in total. The second kappa shape index (κ2) is 11.6. The van der Waals surface area contributed by atoms with Crippen LogP contribution in [0.3, 0.4) is 0 Å². The predicted octanol–water partition coefficient (Wildman–Crippen LogP) is 4.37. The van der Waals surface area contributed by atoms with E-state index in [9.17, 15) is 4.79 Å². The van der Waals surface area contributed by atoms with Gasteiger partial charge in [0.1, 0.15) is 0 Å². The number of allylic oxidation sites excluding steroid dienone is 1. The smallest absolute Gasteiger partial charge is 0.307 e. The summed E-state index contributed by atoms with van der Waals surface area (Å²) in [6.45, 7) is 8.01. The van der Waals surface area contributed by atoms with Crippen LogP contribution < -0.4 is 0 Å². The Balaban J connectivity index is 2.73. The van der Waals surface area contributed by atoms with Gasteiger partial charge in [0.15, 0.2) is 0 Å². The summed E-state index contributed by atoms with van der Waals surface area (Å²) in [7, 11) is 0. The van der Waals surface area contributed by atoms with Crippen molar-refractivity contribution in [2.75, 3.05) is 19.8 Å². The van der Waals surface area contributed by atoms with Crippen molar-refractivity contribution in [2.45, 2.75) is 71.7 Å². The minimum Gasteiger partial charge on any atom is -0.481 e. The molecule has 1 rings (SSSR count). The fourth-order valence-corrected chi connectivity index (χ4v) is 2.30. The van der Waals surface area contributed by atoms with E-state index in [4.69, 9.17) is 19.3 Å². The van der Waals surface area contributed by atoms with Gasteiger partial charge in [0.05, 0.1) is 25.7 Å². The van der Waals surface area contributed by atoms with Crippen molar-refractivity contribution in [3.8, 4) is 0 Å². The van der Waals surface area contributed by atoms with Crippen LogP contribution in [0.4, 0.5) is 0 Å². The molecule has 2 unspecified atom stereocenters. The molecule has 2 atom stereocenters. The summed E-state index contributed by atoms with van der Waals surface area (Å²) in [6.07, 6.45) is 10.3. The number of carbonyl (C=O) groups is 1. The van der Waals surface area contributed by atoms with Gasteiger partial charge in [0, 0.05) is 6.08 Å². The quantitative estimate of drug-likeness (QED) is 0.272. The Kier molecular flexibility index (Phi) is 10.2. The normalized spacial score (nSPS) is 20.6. The molecule has 0 spiro atoms. The van der Waals surface area contributed by atoms with E-state index in [2.05, 4.69) is 20.8 Å². The van der Waals surface area contributed by atoms with Gasteiger partial charge in [-0.15, -0.1) is 0 Å². The molecule has 0 aromatic carbocycles. The molecular weight excluding hydrogens is 308 g/mol. The van der Waals surface area contributed by atoms with E-state index in [1.807, 2.05) is 6.08 Å². The second-order valence-corrected chi connectivity index (χ2v) is 6.41. The van der Waals surface area contributed by atoms with Crippen molar-refractivity contribution in [1.29, 1.82) is 0 Å². The zero-order chi connectivity index (χ0) is 17.8. The van der Waals surface area contributed by atoms with E-state index in [0.29, 0.717) is 26.2 Å². The third-order valence-electron chi connectivity index (χ3n) is 4.11. The Morgan fingerprint density at radius 1 is 1.00 bits per heavy atom. The zero-order valence-corrected chi connectivity index (χ0v) is 15.5. The Hall–Kier alpha value is -0.910. The van der Waals surface area contributed by atoms with Gasteiger partial charge in [-0.05, 0) is 31.6 Å². The van der Waals surface area contributed by atoms with Gasteiger partial charge in [0.25, 0.3) is 0 Å². The molecule has 1 fully saturated rings. The number of hydrogen-bond acceptors (Lipinski definition) is 4. The summed E-state index contributed by atoms with van der Waals surface area (Å²) in [5.41, 5.74) is 0. The van der Waals surface area contributed by atoms with Gasteiger partial charge in [-0.2, -0.15) is 0 Å². The molecule has 1 aliphatic carbocycles. The fourth-order valence-electron chi connectivity index (χ4n) is 2.30. The van der Waals surface area contributed by atoms with Crippen LogP contribution in [0.25, 0.3) is 0 Å². The third-order valence-corrected chi connectivity index (χ3v) is 4.11. The van der Waals surface area contributed by atoms with E-state index >= 15 is 0 Å². The van der Waals surface area contributed by atoms with Crippen LogP contribution in [0.15, 0.2) is 12.2 Å². The van der Waals surface area contributed by atoms with Gasteiger partial charge < -0.3 is 19.3 Å². The summed E-state index contributed by atoms with van der Waals surface area (Å²) in [4.78, 5) is 11.0. The Morgan fingerprint density at radius 3 is 1.79 bits per heavy atom. The topological polar surface area (TPSA) is 65.0 Å². The van der Waals surface area contributed by atoms with Gasteiger partial charge >= 0.3 is 11.9 Å². The molecule has 0 radical (unpaired) electrons. The van der Waals surface area contributed by atoms with E-state index in [0.717, 1.165) is 38.5 Å². The van der Waals surface area contributed by atoms with Crippen LogP contribution >= 0.6 is 0 Å². The molecule has 24 heavy (non-hydrogen) atoms. The lowest BCUT2D eigenvalue weighted by atomic mass is 10.2. The molecule has 0 aromatic rings. The SMILES string of the molecule is CCCCOC(C=CC1CC1C(=O)O)(OCCCC)OCCCC. The van der Waals surface area contributed by atoms with Crippen LogP contribution in [0.1, 0.15) is 65.7 Å². The highest BCUT2D eigenvalue weighted by molar-refractivity contribution is 5.73. The predicted molar refractivity (Wildman–Crippen MR) is 93.7 cm³/mol. The third kappa shape index (κ3) is 7.77. The number of rotatable bonds is 15. The number of unbranched alkanes of at least 4 members (excludes halogenated alkanes) is 3. The second-order valence-electron chi connectivity index (χ2n) is 6.41. The molecule has 0 heterocycles. The average Bonchev–Trinajstić information content (AvgIpc) is 3.33. The van der Waals surface area contributed by atoms with Crippen molar-refractivity contribution < 1.29 is 24.1 Å². The molecule has 0 amide bonds. The number of ether oxygens (including phenoxy) is 3. The van der Waals surface area contributed by atoms with Gasteiger partial charge in [0.2, 0.25) is 0 Å². The lowest BCUT2D eigenvalue weighted by Crippen LogP contribution is -2.38. The first kappa shape index (κ1) is 21.1. The first-order valence-corrected chi connectivity index (χ1v) is 9.42. The minimum absolute atomic E-state index is 0.0567. The van der Waals surface area contributed by atoms with E-state index in [-0.39, 0.29) is 11.8 Å². The number of aliphatic carboxylic acids is 1. The molecular formula is C19H34O5. The Bertz CT molecular complexity index is 353. The molecule has 5 heteroatoms. The average molecular weight is 342 g/mol.